The van der Waals surface area contributed by atoms with Crippen LogP contribution in [0.1, 0.15) is 22.7 Å². The van der Waals surface area contributed by atoms with Gasteiger partial charge in [0.2, 0.25) is 0 Å². The summed E-state index contributed by atoms with van der Waals surface area (Å²) in [5, 5.41) is 2.65. The molecule has 0 atom stereocenters. The Balaban J connectivity index is 1.91. The smallest absolute Gasteiger partial charge is 0.266 e. The predicted octanol–water partition coefficient (Wildman–Crippen LogP) is 2.17. The van der Waals surface area contributed by atoms with Crippen LogP contribution in [0.3, 0.4) is 0 Å². The van der Waals surface area contributed by atoms with Gasteiger partial charge in [0, 0.05) is 25.0 Å². The van der Waals surface area contributed by atoms with Crippen molar-refractivity contribution in [1.29, 1.82) is 0 Å². The van der Waals surface area contributed by atoms with Crippen molar-refractivity contribution in [2.75, 3.05) is 13.7 Å². The number of ether oxygens (including phenoxy) is 1. The average molecular weight is 387 g/mol. The molecule has 0 aromatic carbocycles. The lowest BCUT2D eigenvalue weighted by atomic mass is 10.1. The van der Waals surface area contributed by atoms with Crippen LogP contribution in [0.5, 0.6) is 0 Å². The molecule has 1 fully saturated rings. The monoisotopic (exact) mass is 387 g/mol. The van der Waals surface area contributed by atoms with Crippen LogP contribution in [-0.4, -0.2) is 40.1 Å². The van der Waals surface area contributed by atoms with E-state index in [4.69, 9.17) is 21.4 Å². The number of thiocarbonyl (C=S) groups is 1. The van der Waals surface area contributed by atoms with Crippen molar-refractivity contribution in [1.82, 2.24) is 14.8 Å². The van der Waals surface area contributed by atoms with Crippen molar-refractivity contribution in [3.63, 3.8) is 0 Å². The maximum atomic E-state index is 12.9. The van der Waals surface area contributed by atoms with Gasteiger partial charge in [0.1, 0.15) is 11.3 Å². The molecule has 27 heavy (non-hydrogen) atoms. The molecule has 0 spiro atoms. The van der Waals surface area contributed by atoms with Crippen LogP contribution in [0, 0.1) is 13.8 Å². The number of carbonyl (C=O) groups excluding carboxylic acids is 2. The van der Waals surface area contributed by atoms with E-state index in [1.54, 1.807) is 25.3 Å². The topological polar surface area (TPSA) is 76.7 Å². The minimum Gasteiger partial charge on any atom is -0.467 e. The molecule has 0 aliphatic carbocycles. The molecule has 3 rings (SSSR count). The van der Waals surface area contributed by atoms with Crippen molar-refractivity contribution in [2.24, 2.45) is 0 Å². The van der Waals surface area contributed by atoms with Gasteiger partial charge in [-0.2, -0.15) is 0 Å². The van der Waals surface area contributed by atoms with E-state index >= 15 is 0 Å². The van der Waals surface area contributed by atoms with Gasteiger partial charge >= 0.3 is 0 Å². The lowest BCUT2D eigenvalue weighted by Crippen LogP contribution is -2.53. The number of aryl methyl sites for hydroxylation is 1. The van der Waals surface area contributed by atoms with Gasteiger partial charge < -0.3 is 13.7 Å². The van der Waals surface area contributed by atoms with Gasteiger partial charge in [0.05, 0.1) is 19.4 Å². The predicted molar refractivity (Wildman–Crippen MR) is 104 cm³/mol. The second-order valence-electron chi connectivity index (χ2n) is 6.26. The fourth-order valence-electron chi connectivity index (χ4n) is 3.05. The summed E-state index contributed by atoms with van der Waals surface area (Å²) in [6.45, 7) is 5.37. The SMILES string of the molecule is COCCn1c(C)cc(C=C2C(=O)NC(=S)N(Cc3ccco3)C2=O)c1C. The number of furan rings is 1. The number of hydrogen-bond acceptors (Lipinski definition) is 5. The van der Waals surface area contributed by atoms with Crippen LogP contribution in [0.25, 0.3) is 6.08 Å². The molecule has 0 saturated carbocycles. The van der Waals surface area contributed by atoms with Crippen molar-refractivity contribution in [2.45, 2.75) is 26.9 Å². The largest absolute Gasteiger partial charge is 0.467 e. The lowest BCUT2D eigenvalue weighted by molar-refractivity contribution is -0.129. The number of amides is 2. The van der Waals surface area contributed by atoms with E-state index in [0.29, 0.717) is 18.9 Å². The number of carbonyl (C=O) groups is 2. The van der Waals surface area contributed by atoms with E-state index in [-0.39, 0.29) is 17.2 Å². The summed E-state index contributed by atoms with van der Waals surface area (Å²) >= 11 is 5.16. The standard InChI is InChI=1S/C19H21N3O4S/c1-12-9-14(13(2)21(12)6-8-25-3)10-16-17(23)20-19(27)22(18(16)24)11-15-5-4-7-26-15/h4-5,7,9-10H,6,8,11H2,1-3H3,(H,20,23,27). The molecule has 1 aliphatic rings. The number of aromatic nitrogens is 1. The summed E-state index contributed by atoms with van der Waals surface area (Å²) in [7, 11) is 1.65. The van der Waals surface area contributed by atoms with Crippen molar-refractivity contribution < 1.29 is 18.7 Å². The third-order valence-corrected chi connectivity index (χ3v) is 4.83. The zero-order chi connectivity index (χ0) is 19.6. The fraction of sp³-hybridized carbons (Fsp3) is 0.316. The highest BCUT2D eigenvalue weighted by atomic mass is 32.1. The van der Waals surface area contributed by atoms with Crippen LogP contribution in [0.15, 0.2) is 34.5 Å². The summed E-state index contributed by atoms with van der Waals surface area (Å²) < 4.78 is 12.5. The number of nitrogens with one attached hydrogen (secondary N) is 1. The molecule has 2 aromatic heterocycles. The average Bonchev–Trinajstić information content (AvgIpc) is 3.22. The molecule has 3 heterocycles. The Labute approximate surface area is 162 Å². The van der Waals surface area contributed by atoms with E-state index in [0.717, 1.165) is 17.0 Å². The molecule has 0 unspecified atom stereocenters. The number of methoxy groups -OCH3 is 1. The van der Waals surface area contributed by atoms with E-state index in [2.05, 4.69) is 9.88 Å². The van der Waals surface area contributed by atoms with Gasteiger partial charge in [-0.15, -0.1) is 0 Å². The highest BCUT2D eigenvalue weighted by Crippen LogP contribution is 2.21. The Hall–Kier alpha value is -2.71. The van der Waals surface area contributed by atoms with Crippen LogP contribution in [0.2, 0.25) is 0 Å². The molecule has 0 radical (unpaired) electrons. The molecule has 0 bridgehead atoms. The third kappa shape index (κ3) is 3.86. The minimum absolute atomic E-state index is 0.0437. The van der Waals surface area contributed by atoms with Crippen molar-refractivity contribution in [3.05, 3.63) is 52.7 Å². The highest BCUT2D eigenvalue weighted by molar-refractivity contribution is 7.80. The quantitative estimate of drug-likeness (QED) is 0.467. The molecule has 1 aliphatic heterocycles. The van der Waals surface area contributed by atoms with Crippen LogP contribution < -0.4 is 5.32 Å². The molecule has 8 heteroatoms. The number of rotatable bonds is 6. The maximum absolute atomic E-state index is 12.9. The zero-order valence-corrected chi connectivity index (χ0v) is 16.3. The molecule has 2 aromatic rings. The normalized spacial score (nSPS) is 16.3. The fourth-order valence-corrected chi connectivity index (χ4v) is 3.29. The molecular weight excluding hydrogens is 366 g/mol. The second-order valence-corrected chi connectivity index (χ2v) is 6.65. The van der Waals surface area contributed by atoms with Gasteiger partial charge in [-0.1, -0.05) is 0 Å². The van der Waals surface area contributed by atoms with Crippen molar-refractivity contribution in [3.8, 4) is 0 Å². The van der Waals surface area contributed by atoms with E-state index in [1.165, 1.54) is 11.2 Å². The Morgan fingerprint density at radius 2 is 2.11 bits per heavy atom. The van der Waals surface area contributed by atoms with Gasteiger partial charge in [-0.25, -0.2) is 0 Å². The highest BCUT2D eigenvalue weighted by Gasteiger charge is 2.34. The Morgan fingerprint density at radius 1 is 1.33 bits per heavy atom. The first-order chi connectivity index (χ1) is 12.9. The summed E-state index contributed by atoms with van der Waals surface area (Å²) in [5.74, 6) is -0.358. The van der Waals surface area contributed by atoms with Crippen molar-refractivity contribution >= 4 is 35.2 Å². The first-order valence-corrected chi connectivity index (χ1v) is 8.90. The summed E-state index contributed by atoms with van der Waals surface area (Å²) in [6.07, 6.45) is 3.14. The number of nitrogens with zero attached hydrogens (tertiary/aromatic N) is 2. The molecule has 1 saturated heterocycles. The molecule has 2 amide bonds. The molecule has 142 valence electrons. The van der Waals surface area contributed by atoms with Gasteiger partial charge in [0.25, 0.3) is 11.8 Å². The van der Waals surface area contributed by atoms with E-state index in [1.807, 2.05) is 19.9 Å². The minimum atomic E-state index is -0.498. The molecule has 7 nitrogen and oxygen atoms in total. The lowest BCUT2D eigenvalue weighted by Gasteiger charge is -2.28. The van der Waals surface area contributed by atoms with Gasteiger partial charge in [-0.3, -0.25) is 19.8 Å². The number of hydrogen-bond donors (Lipinski definition) is 1. The second kappa shape index (κ2) is 7.89. The summed E-state index contributed by atoms with van der Waals surface area (Å²) in [6, 6.07) is 5.43. The maximum Gasteiger partial charge on any atom is 0.266 e. The molecule has 1 N–H and O–H groups in total. The Bertz CT molecular complexity index is 912. The first-order valence-electron chi connectivity index (χ1n) is 8.49. The van der Waals surface area contributed by atoms with Crippen LogP contribution in [0.4, 0.5) is 0 Å². The van der Waals surface area contributed by atoms with E-state index < -0.39 is 11.8 Å². The Kier molecular flexibility index (Phi) is 5.57. The zero-order valence-electron chi connectivity index (χ0n) is 15.4. The van der Waals surface area contributed by atoms with Crippen LogP contribution >= 0.6 is 12.2 Å². The van der Waals surface area contributed by atoms with Gasteiger partial charge in [0.15, 0.2) is 5.11 Å². The Morgan fingerprint density at radius 3 is 2.78 bits per heavy atom. The van der Waals surface area contributed by atoms with E-state index in [9.17, 15) is 9.59 Å². The first kappa shape index (κ1) is 19.1. The third-order valence-electron chi connectivity index (χ3n) is 4.51. The summed E-state index contributed by atoms with van der Waals surface area (Å²) in [5.41, 5.74) is 2.85. The summed E-state index contributed by atoms with van der Waals surface area (Å²) in [4.78, 5) is 26.6. The molecular formula is C19H21N3O4S. The van der Waals surface area contributed by atoms with Crippen LogP contribution in [-0.2, 0) is 27.4 Å². The van der Waals surface area contributed by atoms with Gasteiger partial charge in [-0.05, 0) is 55.9 Å².